The highest BCUT2D eigenvalue weighted by Gasteiger charge is 2.23. The maximum atomic E-state index is 12.0. The summed E-state index contributed by atoms with van der Waals surface area (Å²) in [5.74, 6) is -0.455. The van der Waals surface area contributed by atoms with Gasteiger partial charge in [-0.05, 0) is 12.1 Å². The fourth-order valence-electron chi connectivity index (χ4n) is 2.73. The van der Waals surface area contributed by atoms with Crippen molar-refractivity contribution in [2.45, 2.75) is 0 Å². The number of H-pyrrole nitrogens is 1. The third-order valence-electron chi connectivity index (χ3n) is 3.92. The number of nitrogens with one attached hydrogen (secondary N) is 2. The molecule has 0 radical (unpaired) electrons. The number of methoxy groups -OCH3 is 1. The topological polar surface area (TPSA) is 90.8 Å². The fourth-order valence-corrected chi connectivity index (χ4v) is 2.73. The Kier molecular flexibility index (Phi) is 4.52. The first-order valence-electron chi connectivity index (χ1n) is 7.57. The van der Waals surface area contributed by atoms with E-state index in [-0.39, 0.29) is 6.03 Å². The lowest BCUT2D eigenvalue weighted by Crippen LogP contribution is -2.52. The number of carbonyl (C=O) groups excluding carboxylic acids is 1. The average Bonchev–Trinajstić information content (AvgIpc) is 2.95. The van der Waals surface area contributed by atoms with Crippen LogP contribution in [0.4, 0.5) is 10.5 Å². The Labute approximate surface area is 133 Å². The van der Waals surface area contributed by atoms with Gasteiger partial charge in [-0.2, -0.15) is 0 Å². The van der Waals surface area contributed by atoms with Crippen molar-refractivity contribution in [1.29, 1.82) is 0 Å². The van der Waals surface area contributed by atoms with Gasteiger partial charge in [-0.3, -0.25) is 4.98 Å². The Hall–Kier alpha value is -2.48. The summed E-state index contributed by atoms with van der Waals surface area (Å²) >= 11 is 0. The number of urea groups is 1. The second-order valence-electron chi connectivity index (χ2n) is 5.37. The fraction of sp³-hybridized carbons (Fsp3) is 0.467. The van der Waals surface area contributed by atoms with Crippen molar-refractivity contribution in [1.82, 2.24) is 15.2 Å². The SMILES string of the molecule is COCCNC(=O)N1CCN(c2cccc3[nH]c(=O)oc23)CC1. The standard InChI is InChI=1S/C15H20N4O4/c1-22-10-5-16-14(20)19-8-6-18(7-9-19)12-4-2-3-11-13(12)23-15(21)17-11/h2-4H,5-10H2,1H3,(H,16,20)(H,17,21). The molecule has 0 bridgehead atoms. The van der Waals surface area contributed by atoms with Crippen molar-refractivity contribution in [2.75, 3.05) is 51.3 Å². The van der Waals surface area contributed by atoms with Crippen LogP contribution in [-0.4, -0.2) is 62.4 Å². The van der Waals surface area contributed by atoms with Gasteiger partial charge in [0.15, 0.2) is 5.58 Å². The van der Waals surface area contributed by atoms with Crippen molar-refractivity contribution in [3.63, 3.8) is 0 Å². The summed E-state index contributed by atoms with van der Waals surface area (Å²) in [4.78, 5) is 29.9. The molecule has 0 atom stereocenters. The number of aromatic nitrogens is 1. The van der Waals surface area contributed by atoms with Gasteiger partial charge in [0, 0.05) is 39.8 Å². The number of fused-ring (bicyclic) bond motifs is 1. The molecule has 8 heteroatoms. The number of amides is 2. The zero-order valence-electron chi connectivity index (χ0n) is 13.0. The molecule has 3 rings (SSSR count). The van der Waals surface area contributed by atoms with Gasteiger partial charge < -0.3 is 24.3 Å². The highest BCUT2D eigenvalue weighted by Crippen LogP contribution is 2.25. The molecular formula is C15H20N4O4. The molecule has 2 N–H and O–H groups in total. The number of nitrogens with zero attached hydrogens (tertiary/aromatic N) is 2. The molecule has 0 aliphatic carbocycles. The highest BCUT2D eigenvalue weighted by molar-refractivity contribution is 5.86. The van der Waals surface area contributed by atoms with Crippen LogP contribution in [0.15, 0.2) is 27.4 Å². The molecule has 2 heterocycles. The predicted molar refractivity (Wildman–Crippen MR) is 85.9 cm³/mol. The normalized spacial score (nSPS) is 15.2. The number of hydrogen-bond donors (Lipinski definition) is 2. The molecule has 1 fully saturated rings. The van der Waals surface area contributed by atoms with E-state index in [1.807, 2.05) is 18.2 Å². The van der Waals surface area contributed by atoms with E-state index in [1.54, 1.807) is 12.0 Å². The van der Waals surface area contributed by atoms with E-state index < -0.39 is 5.76 Å². The lowest BCUT2D eigenvalue weighted by molar-refractivity contribution is 0.177. The van der Waals surface area contributed by atoms with Crippen LogP contribution in [0, 0.1) is 0 Å². The van der Waals surface area contributed by atoms with E-state index in [2.05, 4.69) is 15.2 Å². The summed E-state index contributed by atoms with van der Waals surface area (Å²) < 4.78 is 10.1. The van der Waals surface area contributed by atoms with Crippen LogP contribution in [-0.2, 0) is 4.74 Å². The van der Waals surface area contributed by atoms with Crippen molar-refractivity contribution >= 4 is 22.8 Å². The number of carbonyl (C=O) groups is 1. The van der Waals surface area contributed by atoms with Crippen LogP contribution < -0.4 is 16.0 Å². The second-order valence-corrected chi connectivity index (χ2v) is 5.37. The molecule has 1 aliphatic heterocycles. The van der Waals surface area contributed by atoms with Gasteiger partial charge in [0.2, 0.25) is 0 Å². The van der Waals surface area contributed by atoms with Crippen LogP contribution in [0.25, 0.3) is 11.1 Å². The number of piperazine rings is 1. The Morgan fingerprint density at radius 1 is 1.35 bits per heavy atom. The molecule has 1 saturated heterocycles. The number of ether oxygens (including phenoxy) is 1. The minimum Gasteiger partial charge on any atom is -0.406 e. The molecule has 1 aromatic carbocycles. The summed E-state index contributed by atoms with van der Waals surface area (Å²) in [7, 11) is 1.60. The summed E-state index contributed by atoms with van der Waals surface area (Å²) in [6.07, 6.45) is 0. The van der Waals surface area contributed by atoms with Gasteiger partial charge in [-0.1, -0.05) is 6.07 Å². The predicted octanol–water partition coefficient (Wildman–Crippen LogP) is 0.599. The Morgan fingerprint density at radius 2 is 2.13 bits per heavy atom. The van der Waals surface area contributed by atoms with Gasteiger partial charge in [0.05, 0.1) is 17.8 Å². The van der Waals surface area contributed by atoms with Crippen LogP contribution in [0.3, 0.4) is 0 Å². The van der Waals surface area contributed by atoms with E-state index in [1.165, 1.54) is 0 Å². The minimum absolute atomic E-state index is 0.0758. The molecule has 124 valence electrons. The third kappa shape index (κ3) is 3.31. The van der Waals surface area contributed by atoms with Gasteiger partial charge in [0.1, 0.15) is 0 Å². The zero-order chi connectivity index (χ0) is 16.2. The molecule has 2 amide bonds. The molecule has 0 unspecified atom stereocenters. The van der Waals surface area contributed by atoms with Gasteiger partial charge >= 0.3 is 11.8 Å². The van der Waals surface area contributed by atoms with Gasteiger partial charge in [-0.25, -0.2) is 9.59 Å². The van der Waals surface area contributed by atoms with Crippen molar-refractivity contribution in [2.24, 2.45) is 0 Å². The molecule has 8 nitrogen and oxygen atoms in total. The molecule has 0 spiro atoms. The third-order valence-corrected chi connectivity index (χ3v) is 3.92. The Balaban J connectivity index is 1.64. The van der Waals surface area contributed by atoms with Crippen LogP contribution in [0.2, 0.25) is 0 Å². The summed E-state index contributed by atoms with van der Waals surface area (Å²) in [5, 5.41) is 2.82. The van der Waals surface area contributed by atoms with Gasteiger partial charge in [0.25, 0.3) is 0 Å². The lowest BCUT2D eigenvalue weighted by atomic mass is 10.2. The summed E-state index contributed by atoms with van der Waals surface area (Å²) in [6.45, 7) is 3.61. The smallest absolute Gasteiger partial charge is 0.406 e. The number of oxazole rings is 1. The van der Waals surface area contributed by atoms with E-state index in [9.17, 15) is 9.59 Å². The van der Waals surface area contributed by atoms with Gasteiger partial charge in [-0.15, -0.1) is 0 Å². The zero-order valence-corrected chi connectivity index (χ0v) is 13.0. The second kappa shape index (κ2) is 6.74. The first-order chi connectivity index (χ1) is 11.2. The van der Waals surface area contributed by atoms with Crippen LogP contribution in [0.1, 0.15) is 0 Å². The number of aromatic amines is 1. The monoisotopic (exact) mass is 320 g/mol. The average molecular weight is 320 g/mol. The maximum absolute atomic E-state index is 12.0. The molecule has 1 aromatic heterocycles. The quantitative estimate of drug-likeness (QED) is 0.805. The first-order valence-corrected chi connectivity index (χ1v) is 7.57. The van der Waals surface area contributed by atoms with Crippen LogP contribution >= 0.6 is 0 Å². The number of hydrogen-bond acceptors (Lipinski definition) is 5. The highest BCUT2D eigenvalue weighted by atomic mass is 16.5. The number of rotatable bonds is 4. The lowest BCUT2D eigenvalue weighted by Gasteiger charge is -2.35. The van der Waals surface area contributed by atoms with Crippen LogP contribution in [0.5, 0.6) is 0 Å². The minimum atomic E-state index is -0.455. The molecular weight excluding hydrogens is 300 g/mol. The van der Waals surface area contributed by atoms with E-state index in [4.69, 9.17) is 9.15 Å². The maximum Gasteiger partial charge on any atom is 0.417 e. The molecule has 1 aliphatic rings. The Bertz CT molecular complexity index is 730. The molecule has 0 saturated carbocycles. The largest absolute Gasteiger partial charge is 0.417 e. The van der Waals surface area contributed by atoms with Crippen molar-refractivity contribution in [3.05, 3.63) is 28.7 Å². The molecule has 2 aromatic rings. The number of anilines is 1. The van der Waals surface area contributed by atoms with Crippen molar-refractivity contribution < 1.29 is 13.9 Å². The summed E-state index contributed by atoms with van der Waals surface area (Å²) in [6, 6.07) is 5.54. The van der Waals surface area contributed by atoms with E-state index in [0.717, 1.165) is 5.69 Å². The molecule has 23 heavy (non-hydrogen) atoms. The first kappa shape index (κ1) is 15.4. The van der Waals surface area contributed by atoms with E-state index >= 15 is 0 Å². The Morgan fingerprint density at radius 3 is 2.87 bits per heavy atom. The van der Waals surface area contributed by atoms with Crippen molar-refractivity contribution in [3.8, 4) is 0 Å². The number of benzene rings is 1. The van der Waals surface area contributed by atoms with E-state index in [0.29, 0.717) is 50.4 Å². The summed E-state index contributed by atoms with van der Waals surface area (Å²) in [5.41, 5.74) is 2.13. The number of para-hydroxylation sites is 1.